The van der Waals surface area contributed by atoms with Crippen LogP contribution in [0.15, 0.2) is 27.1 Å². The summed E-state index contributed by atoms with van der Waals surface area (Å²) >= 11 is 11.3. The summed E-state index contributed by atoms with van der Waals surface area (Å²) in [5.74, 6) is -1.13. The van der Waals surface area contributed by atoms with Gasteiger partial charge in [0.1, 0.15) is 11.6 Å². The number of rotatable bonds is 2. The quantitative estimate of drug-likeness (QED) is 0.458. The van der Waals surface area contributed by atoms with E-state index in [1.165, 1.54) is 23.5 Å². The fourth-order valence-corrected chi connectivity index (χ4v) is 4.35. The Hall–Kier alpha value is 0.220. The number of thiophene rings is 1. The molecule has 1 heterocycles. The molecule has 1 unspecified atom stereocenters. The highest BCUT2D eigenvalue weighted by atomic mass is 79.9. The fraction of sp³-hybridized carbons (Fsp3) is 0.167. The maximum atomic E-state index is 13.8. The van der Waals surface area contributed by atoms with E-state index in [-0.39, 0.29) is 5.56 Å². The molecule has 0 aliphatic carbocycles. The molecule has 0 spiro atoms. The van der Waals surface area contributed by atoms with E-state index in [1.807, 2.05) is 13.0 Å². The largest absolute Gasteiger partial charge is 0.206 e. The Balaban J connectivity index is 2.49. The van der Waals surface area contributed by atoms with Gasteiger partial charge >= 0.3 is 0 Å². The summed E-state index contributed by atoms with van der Waals surface area (Å²) in [5.41, 5.74) is 0.0342. The summed E-state index contributed by atoms with van der Waals surface area (Å²) < 4.78 is 29.0. The summed E-state index contributed by atoms with van der Waals surface area (Å²) in [6.07, 6.45) is 0. The average Bonchev–Trinajstić information content (AvgIpc) is 2.57. The average molecular weight is 461 g/mol. The van der Waals surface area contributed by atoms with Gasteiger partial charge in [0.2, 0.25) is 0 Å². The van der Waals surface area contributed by atoms with Crippen molar-refractivity contribution in [2.24, 2.45) is 0 Å². The van der Waals surface area contributed by atoms with E-state index in [0.29, 0.717) is 4.47 Å². The molecule has 1 atom stereocenters. The van der Waals surface area contributed by atoms with Crippen LogP contribution in [0, 0.1) is 18.6 Å². The number of aryl methyl sites for hydroxylation is 1. The first kappa shape index (κ1) is 14.6. The lowest BCUT2D eigenvalue weighted by Gasteiger charge is -2.11. The van der Waals surface area contributed by atoms with Crippen molar-refractivity contribution in [2.45, 2.75) is 11.8 Å². The minimum atomic E-state index is -0.564. The molecule has 0 aliphatic heterocycles. The predicted molar refractivity (Wildman–Crippen MR) is 81.6 cm³/mol. The highest BCUT2D eigenvalue weighted by Gasteiger charge is 2.22. The molecule has 96 valence electrons. The van der Waals surface area contributed by atoms with Crippen molar-refractivity contribution in [1.82, 2.24) is 0 Å². The Morgan fingerprint density at radius 3 is 2.11 bits per heavy atom. The van der Waals surface area contributed by atoms with E-state index in [0.717, 1.165) is 14.2 Å². The number of hydrogen-bond donors (Lipinski definition) is 0. The molecule has 6 heteroatoms. The lowest BCUT2D eigenvalue weighted by molar-refractivity contribution is 0.560. The number of alkyl halides is 1. The Kier molecular flexibility index (Phi) is 4.62. The Labute approximate surface area is 133 Å². The van der Waals surface area contributed by atoms with Gasteiger partial charge in [-0.1, -0.05) is 31.9 Å². The molecule has 2 aromatic rings. The molecular formula is C12H7Br3F2S. The first-order valence-electron chi connectivity index (χ1n) is 4.94. The second kappa shape index (κ2) is 5.69. The number of hydrogen-bond acceptors (Lipinski definition) is 1. The van der Waals surface area contributed by atoms with Gasteiger partial charge in [0.25, 0.3) is 0 Å². The Morgan fingerprint density at radius 2 is 1.67 bits per heavy atom. The van der Waals surface area contributed by atoms with Crippen LogP contribution in [0.25, 0.3) is 0 Å². The zero-order chi connectivity index (χ0) is 13.4. The highest BCUT2D eigenvalue weighted by molar-refractivity contribution is 9.11. The van der Waals surface area contributed by atoms with Crippen LogP contribution in [0.4, 0.5) is 8.78 Å². The molecule has 2 rings (SSSR count). The zero-order valence-electron chi connectivity index (χ0n) is 9.11. The van der Waals surface area contributed by atoms with Crippen molar-refractivity contribution < 1.29 is 8.78 Å². The minimum Gasteiger partial charge on any atom is -0.206 e. The lowest BCUT2D eigenvalue weighted by Crippen LogP contribution is -1.99. The summed E-state index contributed by atoms with van der Waals surface area (Å²) in [6, 6.07) is 4.41. The molecular weight excluding hydrogens is 454 g/mol. The zero-order valence-corrected chi connectivity index (χ0v) is 14.7. The molecule has 0 nitrogen and oxygen atoms in total. The lowest BCUT2D eigenvalue weighted by atomic mass is 10.1. The second-order valence-electron chi connectivity index (χ2n) is 3.70. The molecule has 1 aromatic heterocycles. The highest BCUT2D eigenvalue weighted by Crippen LogP contribution is 2.41. The molecule has 0 saturated heterocycles. The number of halogens is 5. The smallest absolute Gasteiger partial charge is 0.131 e. The van der Waals surface area contributed by atoms with Crippen LogP contribution in [0.2, 0.25) is 0 Å². The summed E-state index contributed by atoms with van der Waals surface area (Å²) in [4.78, 5) is 1.45. The van der Waals surface area contributed by atoms with Crippen molar-refractivity contribution in [3.8, 4) is 0 Å². The van der Waals surface area contributed by atoms with Crippen LogP contribution in [0.1, 0.15) is 20.1 Å². The van der Waals surface area contributed by atoms with Gasteiger partial charge in [-0.2, -0.15) is 0 Å². The molecule has 0 saturated carbocycles. The molecule has 1 aromatic carbocycles. The van der Waals surface area contributed by atoms with Crippen LogP contribution < -0.4 is 0 Å². The van der Waals surface area contributed by atoms with Gasteiger partial charge in [0.15, 0.2) is 0 Å². The van der Waals surface area contributed by atoms with Crippen LogP contribution in [0.5, 0.6) is 0 Å². The topological polar surface area (TPSA) is 0 Å². The normalized spacial score (nSPS) is 12.8. The molecule has 0 bridgehead atoms. The van der Waals surface area contributed by atoms with E-state index in [1.54, 1.807) is 0 Å². The first-order chi connectivity index (χ1) is 8.40. The molecule has 0 aliphatic rings. The van der Waals surface area contributed by atoms with Crippen LogP contribution in [0.3, 0.4) is 0 Å². The van der Waals surface area contributed by atoms with Gasteiger partial charge in [-0.15, -0.1) is 11.3 Å². The van der Waals surface area contributed by atoms with Crippen molar-refractivity contribution in [2.75, 3.05) is 0 Å². The van der Waals surface area contributed by atoms with E-state index < -0.39 is 16.5 Å². The summed E-state index contributed by atoms with van der Waals surface area (Å²) in [6.45, 7) is 1.95. The molecule has 0 N–H and O–H groups in total. The van der Waals surface area contributed by atoms with Gasteiger partial charge in [0.05, 0.1) is 4.83 Å². The molecule has 0 radical (unpaired) electrons. The van der Waals surface area contributed by atoms with E-state index in [4.69, 9.17) is 0 Å². The van der Waals surface area contributed by atoms with Gasteiger partial charge in [-0.05, 0) is 41.1 Å². The number of benzene rings is 1. The third kappa shape index (κ3) is 2.86. The van der Waals surface area contributed by atoms with E-state index in [2.05, 4.69) is 47.8 Å². The SMILES string of the molecule is Cc1sc(C(Br)c2c(F)cc(Br)cc2F)cc1Br. The Bertz CT molecular complexity index is 552. The van der Waals surface area contributed by atoms with Crippen molar-refractivity contribution in [1.29, 1.82) is 0 Å². The van der Waals surface area contributed by atoms with Gasteiger partial charge in [-0.3, -0.25) is 0 Å². The standard InChI is InChI=1S/C12H7Br3F2S/c1-5-7(14)4-10(18-5)12(15)11-8(16)2-6(13)3-9(11)17/h2-4,12H,1H3. The van der Waals surface area contributed by atoms with Gasteiger partial charge in [0, 0.05) is 24.3 Å². The minimum absolute atomic E-state index is 0.0342. The first-order valence-corrected chi connectivity index (χ1v) is 8.26. The van der Waals surface area contributed by atoms with Crippen LogP contribution in [-0.2, 0) is 0 Å². The molecule has 0 amide bonds. The van der Waals surface area contributed by atoms with Crippen molar-refractivity contribution >= 4 is 59.1 Å². The summed E-state index contributed by atoms with van der Waals surface area (Å²) in [5, 5.41) is 0. The third-order valence-corrected chi connectivity index (χ3v) is 6.34. The molecule has 0 fully saturated rings. The second-order valence-corrected chi connectivity index (χ2v) is 7.67. The molecule has 18 heavy (non-hydrogen) atoms. The van der Waals surface area contributed by atoms with Crippen LogP contribution >= 0.6 is 59.1 Å². The van der Waals surface area contributed by atoms with E-state index >= 15 is 0 Å². The summed E-state index contributed by atoms with van der Waals surface area (Å²) in [7, 11) is 0. The fourth-order valence-electron chi connectivity index (χ4n) is 1.54. The predicted octanol–water partition coefficient (Wildman–Crippen LogP) is 6.34. The maximum absolute atomic E-state index is 13.8. The van der Waals surface area contributed by atoms with Crippen LogP contribution in [-0.4, -0.2) is 0 Å². The third-order valence-electron chi connectivity index (χ3n) is 2.42. The van der Waals surface area contributed by atoms with Gasteiger partial charge in [-0.25, -0.2) is 8.78 Å². The van der Waals surface area contributed by atoms with E-state index in [9.17, 15) is 8.78 Å². The van der Waals surface area contributed by atoms with Gasteiger partial charge < -0.3 is 0 Å². The maximum Gasteiger partial charge on any atom is 0.131 e. The van der Waals surface area contributed by atoms with Crippen molar-refractivity contribution in [3.63, 3.8) is 0 Å². The monoisotopic (exact) mass is 458 g/mol. The Morgan fingerprint density at radius 1 is 1.11 bits per heavy atom. The van der Waals surface area contributed by atoms with Crippen molar-refractivity contribution in [3.05, 3.63) is 54.1 Å².